The highest BCUT2D eigenvalue weighted by molar-refractivity contribution is 7.92. The van der Waals surface area contributed by atoms with Gasteiger partial charge in [0.25, 0.3) is 5.91 Å². The fourth-order valence-electron chi connectivity index (χ4n) is 3.55. The smallest absolute Gasteiger partial charge is 0.251 e. The van der Waals surface area contributed by atoms with E-state index in [1.165, 1.54) is 18.2 Å². The zero-order chi connectivity index (χ0) is 28.2. The van der Waals surface area contributed by atoms with Gasteiger partial charge < -0.3 is 15.7 Å². The van der Waals surface area contributed by atoms with Crippen molar-refractivity contribution in [3.05, 3.63) is 86.4 Å². The van der Waals surface area contributed by atoms with Gasteiger partial charge in [-0.05, 0) is 62.2 Å². The summed E-state index contributed by atoms with van der Waals surface area (Å²) in [6.45, 7) is 4.99. The van der Waals surface area contributed by atoms with Gasteiger partial charge in [-0.3, -0.25) is 9.59 Å². The number of hydrogen-bond donors (Lipinski definition) is 3. The Labute approximate surface area is 236 Å². The number of sulfone groups is 1. The van der Waals surface area contributed by atoms with Crippen LogP contribution in [0.15, 0.2) is 65.1 Å². The number of aryl methyl sites for hydroxylation is 1. The lowest BCUT2D eigenvalue weighted by molar-refractivity contribution is -0.116. The highest BCUT2D eigenvalue weighted by Crippen LogP contribution is 2.35. The van der Waals surface area contributed by atoms with Crippen LogP contribution in [0, 0.1) is 6.92 Å². The number of hydrogen-bond acceptors (Lipinski definition) is 5. The van der Waals surface area contributed by atoms with Gasteiger partial charge in [0.15, 0.2) is 9.84 Å². The lowest BCUT2D eigenvalue weighted by Crippen LogP contribution is -2.34. The van der Waals surface area contributed by atoms with E-state index in [0.29, 0.717) is 21.2 Å². The zero-order valence-electron chi connectivity index (χ0n) is 20.7. The molecule has 1 atom stereocenters. The molecule has 38 heavy (non-hydrogen) atoms. The van der Waals surface area contributed by atoms with Gasteiger partial charge in [0.05, 0.1) is 31.3 Å². The first kappa shape index (κ1) is 29.5. The Balaban J connectivity index is 1.78. The third kappa shape index (κ3) is 6.88. The molecule has 2 amide bonds. The fraction of sp³-hybridized carbons (Fsp3) is 0.185. The van der Waals surface area contributed by atoms with Crippen LogP contribution in [-0.4, -0.2) is 30.6 Å². The van der Waals surface area contributed by atoms with Crippen molar-refractivity contribution in [2.24, 2.45) is 0 Å². The van der Waals surface area contributed by atoms with Gasteiger partial charge in [-0.1, -0.05) is 65.5 Å². The predicted molar refractivity (Wildman–Crippen MR) is 153 cm³/mol. The van der Waals surface area contributed by atoms with Gasteiger partial charge in [0.2, 0.25) is 5.91 Å². The summed E-state index contributed by atoms with van der Waals surface area (Å²) in [5, 5.41) is 14.8. The van der Waals surface area contributed by atoms with Gasteiger partial charge in [0.1, 0.15) is 11.0 Å². The lowest BCUT2D eigenvalue weighted by atomic mass is 10.1. The molecule has 0 saturated carbocycles. The first-order valence-corrected chi connectivity index (χ1v) is 14.1. The second-order valence-electron chi connectivity index (χ2n) is 8.55. The Kier molecular flexibility index (Phi) is 9.49. The average Bonchev–Trinajstić information content (AvgIpc) is 2.85. The van der Waals surface area contributed by atoms with E-state index in [0.717, 1.165) is 11.6 Å². The minimum atomic E-state index is -3.97. The summed E-state index contributed by atoms with van der Waals surface area (Å²) in [6, 6.07) is 13.5. The lowest BCUT2D eigenvalue weighted by Gasteiger charge is -2.18. The topological polar surface area (TPSA) is 113 Å². The van der Waals surface area contributed by atoms with Crippen LogP contribution in [0.3, 0.4) is 0 Å². The van der Waals surface area contributed by atoms with Crippen molar-refractivity contribution in [2.45, 2.75) is 37.3 Å². The van der Waals surface area contributed by atoms with E-state index >= 15 is 0 Å². The number of phenols is 1. The minimum Gasteiger partial charge on any atom is -0.506 e. The summed E-state index contributed by atoms with van der Waals surface area (Å²) in [4.78, 5) is 25.6. The van der Waals surface area contributed by atoms with Crippen molar-refractivity contribution >= 4 is 73.9 Å². The Bertz CT molecular complexity index is 1520. The summed E-state index contributed by atoms with van der Waals surface area (Å²) < 4.78 is 26.1. The van der Waals surface area contributed by atoms with Crippen LogP contribution in [-0.2, 0) is 19.4 Å². The molecular weight excluding hydrogens is 571 g/mol. The molecule has 0 aliphatic heterocycles. The van der Waals surface area contributed by atoms with Gasteiger partial charge >= 0.3 is 0 Å². The SMILES string of the molecule is CCC(C(=O)Nc1cc(O)c(NC(=O)/C(C)=C/c2ccc(Cl)c(Cl)c2)cc1Cl)S(=O)(=O)c1ccc(C)cc1. The quantitative estimate of drug-likeness (QED) is 0.194. The third-order valence-corrected chi connectivity index (χ3v) is 8.94. The molecule has 0 aromatic heterocycles. The number of halogens is 3. The highest BCUT2D eigenvalue weighted by atomic mass is 35.5. The normalized spacial score (nSPS) is 12.6. The number of rotatable bonds is 8. The van der Waals surface area contributed by atoms with Crippen LogP contribution < -0.4 is 10.6 Å². The van der Waals surface area contributed by atoms with Gasteiger partial charge in [-0.15, -0.1) is 0 Å². The van der Waals surface area contributed by atoms with Crippen LogP contribution in [0.2, 0.25) is 15.1 Å². The number of nitrogens with one attached hydrogen (secondary N) is 2. The largest absolute Gasteiger partial charge is 0.506 e. The molecule has 0 spiro atoms. The van der Waals surface area contributed by atoms with Crippen LogP contribution in [0.4, 0.5) is 11.4 Å². The molecule has 0 fully saturated rings. The number of anilines is 2. The second kappa shape index (κ2) is 12.2. The number of phenolic OH excluding ortho intramolecular Hbond substituents is 1. The molecule has 0 bridgehead atoms. The second-order valence-corrected chi connectivity index (χ2v) is 11.9. The minimum absolute atomic E-state index is 0.000735. The highest BCUT2D eigenvalue weighted by Gasteiger charge is 2.33. The maximum Gasteiger partial charge on any atom is 0.251 e. The maximum absolute atomic E-state index is 13.1. The maximum atomic E-state index is 13.1. The van der Waals surface area contributed by atoms with Crippen molar-refractivity contribution in [2.75, 3.05) is 10.6 Å². The summed E-state index contributed by atoms with van der Waals surface area (Å²) in [6.07, 6.45) is 1.61. The molecule has 0 aliphatic carbocycles. The van der Waals surface area contributed by atoms with E-state index in [9.17, 15) is 23.1 Å². The van der Waals surface area contributed by atoms with Crippen LogP contribution in [0.1, 0.15) is 31.4 Å². The molecule has 7 nitrogen and oxygen atoms in total. The number of benzene rings is 3. The molecule has 3 N–H and O–H groups in total. The molecule has 1 unspecified atom stereocenters. The van der Waals surface area contributed by atoms with E-state index in [-0.39, 0.29) is 33.5 Å². The standard InChI is InChI=1S/C27H25Cl3N2O5S/c1-4-25(38(36,37)18-8-5-15(2)6-9-18)27(35)31-22-14-24(33)23(13-21(22)30)32-26(34)16(3)11-17-7-10-19(28)20(29)12-17/h5-14,25,33H,4H2,1-3H3,(H,31,35)(H,32,34)/b16-11+. The molecule has 0 heterocycles. The third-order valence-electron chi connectivity index (χ3n) is 5.66. The number of carbonyl (C=O) groups is 2. The Morgan fingerprint density at radius 2 is 1.58 bits per heavy atom. The molecule has 11 heteroatoms. The van der Waals surface area contributed by atoms with Crippen molar-refractivity contribution in [3.63, 3.8) is 0 Å². The summed E-state index contributed by atoms with van der Waals surface area (Å²) in [5.41, 5.74) is 1.84. The first-order chi connectivity index (χ1) is 17.8. The number of aromatic hydroxyl groups is 1. The van der Waals surface area contributed by atoms with E-state index in [1.807, 2.05) is 6.92 Å². The van der Waals surface area contributed by atoms with Gasteiger partial charge in [-0.25, -0.2) is 8.42 Å². The number of carbonyl (C=O) groups excluding carboxylic acids is 2. The van der Waals surface area contributed by atoms with Gasteiger partial charge in [-0.2, -0.15) is 0 Å². The van der Waals surface area contributed by atoms with Crippen molar-refractivity contribution in [3.8, 4) is 5.75 Å². The molecule has 3 rings (SSSR count). The summed E-state index contributed by atoms with van der Waals surface area (Å²) >= 11 is 18.2. The average molecular weight is 596 g/mol. The molecule has 3 aromatic carbocycles. The van der Waals surface area contributed by atoms with Crippen LogP contribution >= 0.6 is 34.8 Å². The zero-order valence-corrected chi connectivity index (χ0v) is 23.8. The monoisotopic (exact) mass is 594 g/mol. The molecule has 0 aliphatic rings. The number of amides is 2. The molecule has 0 radical (unpaired) electrons. The Hall–Kier alpha value is -3.04. The summed E-state index contributed by atoms with van der Waals surface area (Å²) in [7, 11) is -3.97. The molecule has 3 aromatic rings. The van der Waals surface area contributed by atoms with E-state index in [4.69, 9.17) is 34.8 Å². The molecule has 0 saturated heterocycles. The summed E-state index contributed by atoms with van der Waals surface area (Å²) in [5.74, 6) is -1.70. The van der Waals surface area contributed by atoms with Crippen molar-refractivity contribution in [1.82, 2.24) is 0 Å². The molecular formula is C27H25Cl3N2O5S. The molecule has 200 valence electrons. The Morgan fingerprint density at radius 1 is 0.921 bits per heavy atom. The van der Waals surface area contributed by atoms with Crippen molar-refractivity contribution in [1.29, 1.82) is 0 Å². The fourth-order valence-corrected chi connectivity index (χ4v) is 5.69. The first-order valence-electron chi connectivity index (χ1n) is 11.4. The van der Waals surface area contributed by atoms with E-state index < -0.39 is 26.9 Å². The Morgan fingerprint density at radius 3 is 2.18 bits per heavy atom. The van der Waals surface area contributed by atoms with Crippen molar-refractivity contribution < 1.29 is 23.1 Å². The van der Waals surface area contributed by atoms with Crippen LogP contribution in [0.25, 0.3) is 6.08 Å². The predicted octanol–water partition coefficient (Wildman–Crippen LogP) is 6.89. The van der Waals surface area contributed by atoms with E-state index in [1.54, 1.807) is 50.3 Å². The van der Waals surface area contributed by atoms with Gasteiger partial charge in [0, 0.05) is 11.6 Å². The van der Waals surface area contributed by atoms with Crippen LogP contribution in [0.5, 0.6) is 5.75 Å². The van der Waals surface area contributed by atoms with E-state index in [2.05, 4.69) is 10.6 Å².